The normalized spacial score (nSPS) is 48.7. The Morgan fingerprint density at radius 3 is 2.30 bits per heavy atom. The quantitative estimate of drug-likeness (QED) is 0.673. The molecule has 0 aromatic rings. The third-order valence-corrected chi connectivity index (χ3v) is 10.2. The summed E-state index contributed by atoms with van der Waals surface area (Å²) in [6.45, 7) is 9.57. The molecule has 170 valence electrons. The van der Waals surface area contributed by atoms with Crippen molar-refractivity contribution in [2.75, 3.05) is 0 Å². The topological polar surface area (TPSA) is 72.8 Å². The highest BCUT2D eigenvalue weighted by molar-refractivity contribution is 5.66. The molecule has 0 heterocycles. The number of carbonyl (C=O) groups excluding carboxylic acids is 2. The number of carbonyl (C=O) groups is 2. The van der Waals surface area contributed by atoms with Crippen LogP contribution in [0.3, 0.4) is 0 Å². The summed E-state index contributed by atoms with van der Waals surface area (Å²) in [5.41, 5.74) is -0.816. The molecule has 0 saturated heterocycles. The van der Waals surface area contributed by atoms with E-state index in [0.717, 1.165) is 44.9 Å². The molecule has 30 heavy (non-hydrogen) atoms. The predicted octanol–water partition coefficient (Wildman–Crippen LogP) is 4.64. The highest BCUT2D eigenvalue weighted by atomic mass is 16.6. The summed E-state index contributed by atoms with van der Waals surface area (Å²) in [7, 11) is 0. The fourth-order valence-electron chi connectivity index (χ4n) is 8.63. The first kappa shape index (κ1) is 22.1. The number of hydrogen-bond acceptors (Lipinski definition) is 5. The van der Waals surface area contributed by atoms with Gasteiger partial charge in [0.05, 0.1) is 0 Å². The minimum Gasteiger partial charge on any atom is -0.463 e. The van der Waals surface area contributed by atoms with Crippen LogP contribution in [0.25, 0.3) is 0 Å². The lowest BCUT2D eigenvalue weighted by Gasteiger charge is -2.62. The molecule has 0 spiro atoms. The number of hydrogen-bond donors (Lipinski definition) is 1. The molecule has 0 aliphatic heterocycles. The Morgan fingerprint density at radius 1 is 0.933 bits per heavy atom. The second kappa shape index (κ2) is 7.50. The van der Waals surface area contributed by atoms with Crippen molar-refractivity contribution in [2.45, 2.75) is 110 Å². The smallest absolute Gasteiger partial charge is 0.302 e. The standard InChI is InChI=1S/C25H40O5/c1-15(29-16(2)26)25(28)13-10-22-20-7-6-18-14-19(30-17(3)27)8-11-23(18,4)21(20)9-12-24(22,25)5/h15,18-22,28H,6-14H2,1-5H3/t15-,18+,19+,20-,21+,22+,23+,24+,25+/m1/s1. The van der Waals surface area contributed by atoms with Crippen LogP contribution >= 0.6 is 0 Å². The number of fused-ring (bicyclic) bond motifs is 5. The van der Waals surface area contributed by atoms with Crippen LogP contribution in [0, 0.1) is 34.5 Å². The molecule has 0 bridgehead atoms. The predicted molar refractivity (Wildman–Crippen MR) is 113 cm³/mol. The van der Waals surface area contributed by atoms with Crippen molar-refractivity contribution in [3.8, 4) is 0 Å². The van der Waals surface area contributed by atoms with E-state index in [0.29, 0.717) is 29.1 Å². The van der Waals surface area contributed by atoms with Gasteiger partial charge in [-0.05, 0) is 93.8 Å². The molecule has 0 unspecified atom stereocenters. The Labute approximate surface area is 181 Å². The maximum Gasteiger partial charge on any atom is 0.302 e. The van der Waals surface area contributed by atoms with Crippen LogP contribution in [0.5, 0.6) is 0 Å². The molecule has 0 aromatic heterocycles. The molecule has 0 aromatic carbocycles. The van der Waals surface area contributed by atoms with Crippen molar-refractivity contribution >= 4 is 11.9 Å². The van der Waals surface area contributed by atoms with E-state index in [1.165, 1.54) is 26.7 Å². The molecule has 4 rings (SSSR count). The zero-order valence-corrected chi connectivity index (χ0v) is 19.4. The van der Waals surface area contributed by atoms with E-state index in [1.807, 2.05) is 6.92 Å². The Hall–Kier alpha value is -1.10. The van der Waals surface area contributed by atoms with Gasteiger partial charge < -0.3 is 14.6 Å². The van der Waals surface area contributed by atoms with Gasteiger partial charge in [-0.3, -0.25) is 9.59 Å². The van der Waals surface area contributed by atoms with E-state index in [4.69, 9.17) is 9.47 Å². The lowest BCUT2D eigenvalue weighted by atomic mass is 9.44. The SMILES string of the molecule is CC(=O)O[C@H]1CC[C@@]2(C)[C@@H](CC[C@@H]3[C@@H]2CC[C@@]2(C)[C@H]3CC[C@]2(O)[C@@H](C)OC(C)=O)C1. The van der Waals surface area contributed by atoms with E-state index in [2.05, 4.69) is 13.8 Å². The van der Waals surface area contributed by atoms with E-state index >= 15 is 0 Å². The van der Waals surface area contributed by atoms with Crippen LogP contribution in [-0.2, 0) is 19.1 Å². The zero-order valence-electron chi connectivity index (χ0n) is 19.4. The summed E-state index contributed by atoms with van der Waals surface area (Å²) < 4.78 is 11.1. The maximum absolute atomic E-state index is 11.7. The molecular weight excluding hydrogens is 380 g/mol. The number of esters is 2. The molecule has 5 nitrogen and oxygen atoms in total. The van der Waals surface area contributed by atoms with Gasteiger partial charge in [0.2, 0.25) is 0 Å². The van der Waals surface area contributed by atoms with E-state index < -0.39 is 11.7 Å². The van der Waals surface area contributed by atoms with Gasteiger partial charge in [0.25, 0.3) is 0 Å². The van der Waals surface area contributed by atoms with E-state index in [-0.39, 0.29) is 23.5 Å². The number of ether oxygens (including phenoxy) is 2. The molecule has 4 aliphatic rings. The zero-order chi connectivity index (χ0) is 21.9. The van der Waals surface area contributed by atoms with Crippen molar-refractivity contribution < 1.29 is 24.2 Å². The summed E-state index contributed by atoms with van der Waals surface area (Å²) >= 11 is 0. The first-order valence-electron chi connectivity index (χ1n) is 12.1. The number of aliphatic hydroxyl groups is 1. The van der Waals surface area contributed by atoms with Gasteiger partial charge in [0, 0.05) is 19.3 Å². The van der Waals surface area contributed by atoms with Gasteiger partial charge in [0.15, 0.2) is 0 Å². The molecule has 4 aliphatic carbocycles. The molecule has 0 amide bonds. The lowest BCUT2D eigenvalue weighted by molar-refractivity contribution is -0.201. The largest absolute Gasteiger partial charge is 0.463 e. The van der Waals surface area contributed by atoms with Crippen molar-refractivity contribution in [1.82, 2.24) is 0 Å². The monoisotopic (exact) mass is 420 g/mol. The van der Waals surface area contributed by atoms with E-state index in [1.54, 1.807) is 0 Å². The van der Waals surface area contributed by atoms with Gasteiger partial charge in [-0.2, -0.15) is 0 Å². The Morgan fingerprint density at radius 2 is 1.63 bits per heavy atom. The Bertz CT molecular complexity index is 706. The summed E-state index contributed by atoms with van der Waals surface area (Å²) in [6, 6.07) is 0. The number of rotatable bonds is 3. The average Bonchev–Trinajstić information content (AvgIpc) is 2.93. The van der Waals surface area contributed by atoms with Gasteiger partial charge in [-0.25, -0.2) is 0 Å². The lowest BCUT2D eigenvalue weighted by Crippen LogP contribution is -2.60. The summed E-state index contributed by atoms with van der Waals surface area (Å²) in [4.78, 5) is 23.0. The van der Waals surface area contributed by atoms with Crippen molar-refractivity contribution in [3.63, 3.8) is 0 Å². The molecule has 0 radical (unpaired) electrons. The van der Waals surface area contributed by atoms with Gasteiger partial charge in [-0.15, -0.1) is 0 Å². The van der Waals surface area contributed by atoms with Crippen LogP contribution in [0.15, 0.2) is 0 Å². The molecule has 4 saturated carbocycles. The molecular formula is C25H40O5. The second-order valence-corrected chi connectivity index (χ2v) is 11.3. The average molecular weight is 421 g/mol. The third-order valence-electron chi connectivity index (χ3n) is 10.2. The Balaban J connectivity index is 1.54. The fraction of sp³-hybridized carbons (Fsp3) is 0.920. The first-order valence-corrected chi connectivity index (χ1v) is 12.1. The minimum atomic E-state index is -0.932. The van der Waals surface area contributed by atoms with E-state index in [9.17, 15) is 14.7 Å². The van der Waals surface area contributed by atoms with Gasteiger partial charge in [0.1, 0.15) is 17.8 Å². The van der Waals surface area contributed by atoms with Crippen LogP contribution < -0.4 is 0 Å². The highest BCUT2D eigenvalue weighted by Gasteiger charge is 2.66. The molecule has 9 atom stereocenters. The summed E-state index contributed by atoms with van der Waals surface area (Å²) in [5, 5.41) is 11.7. The highest BCUT2D eigenvalue weighted by Crippen LogP contribution is 2.68. The summed E-state index contributed by atoms with van der Waals surface area (Å²) in [5.74, 6) is 1.96. The van der Waals surface area contributed by atoms with Crippen LogP contribution in [0.2, 0.25) is 0 Å². The maximum atomic E-state index is 11.7. The van der Waals surface area contributed by atoms with Crippen LogP contribution in [0.4, 0.5) is 0 Å². The van der Waals surface area contributed by atoms with Crippen molar-refractivity contribution in [2.24, 2.45) is 34.5 Å². The fourth-order valence-corrected chi connectivity index (χ4v) is 8.63. The molecule has 5 heteroatoms. The molecule has 4 fully saturated rings. The van der Waals surface area contributed by atoms with Gasteiger partial charge in [-0.1, -0.05) is 13.8 Å². The van der Waals surface area contributed by atoms with Crippen LogP contribution in [0.1, 0.15) is 92.4 Å². The summed E-state index contributed by atoms with van der Waals surface area (Å²) in [6.07, 6.45) is 9.02. The Kier molecular flexibility index (Phi) is 5.52. The minimum absolute atomic E-state index is 0.0899. The molecule has 1 N–H and O–H groups in total. The van der Waals surface area contributed by atoms with Crippen molar-refractivity contribution in [1.29, 1.82) is 0 Å². The van der Waals surface area contributed by atoms with Crippen LogP contribution in [-0.4, -0.2) is 34.9 Å². The first-order chi connectivity index (χ1) is 14.0. The third kappa shape index (κ3) is 3.22. The second-order valence-electron chi connectivity index (χ2n) is 11.3. The van der Waals surface area contributed by atoms with Crippen molar-refractivity contribution in [3.05, 3.63) is 0 Å². The van der Waals surface area contributed by atoms with Gasteiger partial charge >= 0.3 is 11.9 Å².